The first-order valence-corrected chi connectivity index (χ1v) is 8.86. The summed E-state index contributed by atoms with van der Waals surface area (Å²) in [6.45, 7) is 3.61. The molecule has 1 saturated heterocycles. The van der Waals surface area contributed by atoms with Crippen molar-refractivity contribution in [1.29, 1.82) is 0 Å². The third-order valence-electron chi connectivity index (χ3n) is 3.70. The molecule has 1 aromatic carbocycles. The van der Waals surface area contributed by atoms with E-state index in [-0.39, 0.29) is 24.2 Å². The van der Waals surface area contributed by atoms with Gasteiger partial charge in [-0.05, 0) is 31.1 Å². The van der Waals surface area contributed by atoms with Crippen LogP contribution in [0, 0.1) is 11.8 Å². The van der Waals surface area contributed by atoms with Gasteiger partial charge in [0.25, 0.3) is 0 Å². The summed E-state index contributed by atoms with van der Waals surface area (Å²) in [4.78, 5) is 12.2. The number of carbonyl (C=O) groups is 1. The zero-order valence-electron chi connectivity index (χ0n) is 13.3. The molecule has 23 heavy (non-hydrogen) atoms. The summed E-state index contributed by atoms with van der Waals surface area (Å²) in [5.74, 6) is 0.563. The molecule has 1 fully saturated rings. The van der Waals surface area contributed by atoms with Crippen molar-refractivity contribution in [1.82, 2.24) is 5.32 Å². The fourth-order valence-electron chi connectivity index (χ4n) is 2.19. The molecule has 0 saturated carbocycles. The molecule has 1 amide bonds. The predicted octanol–water partition coefficient (Wildman–Crippen LogP) is 1.28. The Hall–Kier alpha value is -1.51. The van der Waals surface area contributed by atoms with Crippen molar-refractivity contribution in [3.63, 3.8) is 0 Å². The third kappa shape index (κ3) is 5.26. The van der Waals surface area contributed by atoms with Crippen LogP contribution >= 0.6 is 12.4 Å². The Morgan fingerprint density at radius 3 is 2.52 bits per heavy atom. The first kappa shape index (κ1) is 19.5. The average molecular weight is 364 g/mol. The highest BCUT2D eigenvalue weighted by atomic mass is 35.5. The van der Waals surface area contributed by atoms with Crippen LogP contribution in [0.2, 0.25) is 0 Å². The second-order valence-corrected chi connectivity index (χ2v) is 7.23. The smallest absolute Gasteiger partial charge is 0.229 e. The molecular formula is C14H22ClN3O4S. The van der Waals surface area contributed by atoms with Gasteiger partial charge in [0.2, 0.25) is 15.9 Å². The second kappa shape index (κ2) is 7.85. The molecule has 1 aliphatic rings. The number of halogens is 1. The molecule has 7 nitrogen and oxygen atoms in total. The van der Waals surface area contributed by atoms with Gasteiger partial charge in [-0.2, -0.15) is 0 Å². The lowest BCUT2D eigenvalue weighted by Gasteiger charge is -2.31. The lowest BCUT2D eigenvalue weighted by molar-refractivity contribution is -0.121. The normalized spacial score (nSPS) is 15.8. The van der Waals surface area contributed by atoms with Gasteiger partial charge in [0.05, 0.1) is 19.1 Å². The lowest BCUT2D eigenvalue weighted by Crippen LogP contribution is -2.48. The molecule has 1 unspecified atom stereocenters. The molecule has 2 rings (SSSR count). The first-order chi connectivity index (χ1) is 10.3. The Morgan fingerprint density at radius 1 is 1.39 bits per heavy atom. The van der Waals surface area contributed by atoms with Crippen molar-refractivity contribution < 1.29 is 17.9 Å². The van der Waals surface area contributed by atoms with Crippen molar-refractivity contribution in [2.45, 2.75) is 6.92 Å². The monoisotopic (exact) mass is 363 g/mol. The van der Waals surface area contributed by atoms with Crippen LogP contribution < -0.4 is 20.1 Å². The Labute approximate surface area is 142 Å². The fraction of sp³-hybridized carbons (Fsp3) is 0.500. The van der Waals surface area contributed by atoms with Crippen LogP contribution in [-0.4, -0.2) is 40.8 Å². The Morgan fingerprint density at radius 2 is 2.04 bits per heavy atom. The largest absolute Gasteiger partial charge is 0.494 e. The van der Waals surface area contributed by atoms with Crippen LogP contribution in [0.1, 0.15) is 6.92 Å². The number of anilines is 2. The van der Waals surface area contributed by atoms with E-state index in [1.54, 1.807) is 18.2 Å². The number of carbonyl (C=O) groups excluding carboxylic acids is 1. The van der Waals surface area contributed by atoms with Crippen LogP contribution in [0.25, 0.3) is 0 Å². The first-order valence-electron chi connectivity index (χ1n) is 6.97. The van der Waals surface area contributed by atoms with Gasteiger partial charge in [0.15, 0.2) is 0 Å². The van der Waals surface area contributed by atoms with Gasteiger partial charge in [0.1, 0.15) is 5.75 Å². The van der Waals surface area contributed by atoms with E-state index in [0.717, 1.165) is 19.3 Å². The van der Waals surface area contributed by atoms with Crippen molar-refractivity contribution in [2.75, 3.05) is 36.5 Å². The molecule has 1 aliphatic heterocycles. The topological polar surface area (TPSA) is 96.5 Å². The maximum Gasteiger partial charge on any atom is 0.229 e. The van der Waals surface area contributed by atoms with Crippen molar-refractivity contribution in [2.24, 2.45) is 11.8 Å². The van der Waals surface area contributed by atoms with Crippen LogP contribution in [0.4, 0.5) is 11.4 Å². The second-order valence-electron chi connectivity index (χ2n) is 5.49. The molecule has 1 atom stereocenters. The van der Waals surface area contributed by atoms with Gasteiger partial charge in [-0.3, -0.25) is 9.52 Å². The summed E-state index contributed by atoms with van der Waals surface area (Å²) in [7, 11) is -1.95. The molecule has 1 aromatic rings. The summed E-state index contributed by atoms with van der Waals surface area (Å²) in [6, 6.07) is 4.79. The van der Waals surface area contributed by atoms with Gasteiger partial charge in [0, 0.05) is 17.7 Å². The Bertz CT molecular complexity index is 662. The van der Waals surface area contributed by atoms with E-state index in [1.807, 2.05) is 6.92 Å². The predicted molar refractivity (Wildman–Crippen MR) is 92.9 cm³/mol. The minimum absolute atomic E-state index is 0. The summed E-state index contributed by atoms with van der Waals surface area (Å²) in [6.07, 6.45) is 1.07. The van der Waals surface area contributed by atoms with Crippen LogP contribution in [-0.2, 0) is 14.8 Å². The number of benzene rings is 1. The van der Waals surface area contributed by atoms with Crippen LogP contribution in [0.15, 0.2) is 18.2 Å². The molecule has 0 radical (unpaired) electrons. The highest BCUT2D eigenvalue weighted by molar-refractivity contribution is 7.92. The number of ether oxygens (including phenoxy) is 1. The Kier molecular flexibility index (Phi) is 6.67. The van der Waals surface area contributed by atoms with Crippen molar-refractivity contribution in [3.8, 4) is 5.75 Å². The van der Waals surface area contributed by atoms with Crippen LogP contribution in [0.5, 0.6) is 5.75 Å². The van der Waals surface area contributed by atoms with Crippen molar-refractivity contribution in [3.05, 3.63) is 18.2 Å². The lowest BCUT2D eigenvalue weighted by atomic mass is 9.88. The van der Waals surface area contributed by atoms with Gasteiger partial charge >= 0.3 is 0 Å². The highest BCUT2D eigenvalue weighted by Crippen LogP contribution is 2.29. The molecule has 3 N–H and O–H groups in total. The van der Waals surface area contributed by atoms with E-state index in [9.17, 15) is 13.2 Å². The zero-order chi connectivity index (χ0) is 16.3. The van der Waals surface area contributed by atoms with Gasteiger partial charge in [-0.15, -0.1) is 12.4 Å². The van der Waals surface area contributed by atoms with E-state index in [0.29, 0.717) is 23.0 Å². The van der Waals surface area contributed by atoms with Crippen molar-refractivity contribution >= 4 is 39.7 Å². The van der Waals surface area contributed by atoms with E-state index < -0.39 is 10.0 Å². The number of nitrogens with one attached hydrogen (secondary N) is 3. The minimum atomic E-state index is -3.39. The number of amides is 1. The average Bonchev–Trinajstić information content (AvgIpc) is 2.36. The molecule has 130 valence electrons. The standard InChI is InChI=1S/C14H21N3O4S.ClH/c1-9(10-7-15-8-10)14(18)16-11-4-5-12(13(6-11)21-2)17-22(3,19)20;/h4-6,9-10,15,17H,7-8H2,1-3H3,(H,16,18);1H. The van der Waals surface area contributed by atoms with Crippen LogP contribution in [0.3, 0.4) is 0 Å². The fourth-order valence-corrected chi connectivity index (χ4v) is 2.76. The van der Waals surface area contributed by atoms with E-state index in [4.69, 9.17) is 4.74 Å². The summed E-state index contributed by atoms with van der Waals surface area (Å²) < 4.78 is 30.1. The Balaban J connectivity index is 0.00000264. The summed E-state index contributed by atoms with van der Waals surface area (Å²) in [5, 5.41) is 5.97. The number of hydrogen-bond donors (Lipinski definition) is 3. The minimum Gasteiger partial charge on any atom is -0.494 e. The molecule has 0 bridgehead atoms. The number of methoxy groups -OCH3 is 1. The molecule has 9 heteroatoms. The number of sulfonamides is 1. The van der Waals surface area contributed by atoms with Gasteiger partial charge < -0.3 is 15.4 Å². The molecule has 0 spiro atoms. The summed E-state index contributed by atoms with van der Waals surface area (Å²) in [5.41, 5.74) is 0.902. The molecule has 1 heterocycles. The van der Waals surface area contributed by atoms with E-state index >= 15 is 0 Å². The maximum atomic E-state index is 12.2. The van der Waals surface area contributed by atoms with Gasteiger partial charge in [-0.1, -0.05) is 6.92 Å². The SMILES string of the molecule is COc1cc(NC(=O)C(C)C2CNC2)ccc1NS(C)(=O)=O.Cl. The van der Waals surface area contributed by atoms with Gasteiger partial charge in [-0.25, -0.2) is 8.42 Å². The number of hydrogen-bond acceptors (Lipinski definition) is 5. The highest BCUT2D eigenvalue weighted by Gasteiger charge is 2.28. The van der Waals surface area contributed by atoms with E-state index in [2.05, 4.69) is 15.4 Å². The van der Waals surface area contributed by atoms with E-state index in [1.165, 1.54) is 7.11 Å². The maximum absolute atomic E-state index is 12.2. The third-order valence-corrected chi connectivity index (χ3v) is 4.29. The quantitative estimate of drug-likeness (QED) is 0.707. The zero-order valence-corrected chi connectivity index (χ0v) is 14.9. The summed E-state index contributed by atoms with van der Waals surface area (Å²) >= 11 is 0. The molecule has 0 aliphatic carbocycles. The molecular weight excluding hydrogens is 342 g/mol. The number of rotatable bonds is 6. The molecule has 0 aromatic heterocycles.